The minimum atomic E-state index is 0.494. The van der Waals surface area contributed by atoms with Crippen LogP contribution in [0.3, 0.4) is 0 Å². The van der Waals surface area contributed by atoms with Crippen LogP contribution in [0, 0.1) is 0 Å². The highest BCUT2D eigenvalue weighted by atomic mass is 16.5. The maximum absolute atomic E-state index is 5.69. The average molecular weight is 242 g/mol. The van der Waals surface area contributed by atoms with Gasteiger partial charge in [0.25, 0.3) is 0 Å². The maximum Gasteiger partial charge on any atom is 0.219 e. The molecule has 1 aromatic carbocycles. The second-order valence-electron chi connectivity index (χ2n) is 4.20. The summed E-state index contributed by atoms with van der Waals surface area (Å²) >= 11 is 0. The fraction of sp³-hybridized carbons (Fsp3) is 0.267. The van der Waals surface area contributed by atoms with Gasteiger partial charge in [-0.25, -0.2) is 4.98 Å². The molecule has 0 fully saturated rings. The van der Waals surface area contributed by atoms with Gasteiger partial charge in [-0.3, -0.25) is 0 Å². The smallest absolute Gasteiger partial charge is 0.219 e. The summed E-state index contributed by atoms with van der Waals surface area (Å²) in [6.07, 6.45) is 3.96. The van der Waals surface area contributed by atoms with Crippen molar-refractivity contribution < 1.29 is 4.74 Å². The molecule has 2 aromatic rings. The second kappa shape index (κ2) is 6.17. The van der Waals surface area contributed by atoms with E-state index in [0.717, 1.165) is 24.2 Å². The zero-order chi connectivity index (χ0) is 12.8. The van der Waals surface area contributed by atoms with E-state index >= 15 is 0 Å². The first-order chi connectivity index (χ1) is 8.81. The molecule has 0 bridgehead atoms. The van der Waals surface area contributed by atoms with E-state index in [1.165, 1.54) is 5.56 Å². The molecule has 0 unspecified atom stereocenters. The summed E-state index contributed by atoms with van der Waals surface area (Å²) < 4.78 is 5.69. The van der Waals surface area contributed by atoms with Crippen LogP contribution in [0.25, 0.3) is 0 Å². The van der Waals surface area contributed by atoms with Gasteiger partial charge in [0.1, 0.15) is 5.75 Å². The molecular formula is C15H18N2O. The minimum Gasteiger partial charge on any atom is -0.439 e. The van der Waals surface area contributed by atoms with Crippen LogP contribution in [0.15, 0.2) is 42.6 Å². The van der Waals surface area contributed by atoms with Crippen molar-refractivity contribution in [3.63, 3.8) is 0 Å². The molecular weight excluding hydrogens is 224 g/mol. The Balaban J connectivity index is 2.08. The van der Waals surface area contributed by atoms with Crippen LogP contribution in [0.4, 0.5) is 0 Å². The Labute approximate surface area is 108 Å². The molecule has 0 aliphatic heterocycles. The molecule has 0 atom stereocenters. The van der Waals surface area contributed by atoms with Crippen LogP contribution in [-0.4, -0.2) is 4.98 Å². The van der Waals surface area contributed by atoms with Crippen molar-refractivity contribution in [3.8, 4) is 11.6 Å². The van der Waals surface area contributed by atoms with Crippen molar-refractivity contribution in [1.29, 1.82) is 0 Å². The van der Waals surface area contributed by atoms with Gasteiger partial charge < -0.3 is 10.5 Å². The molecule has 0 aliphatic carbocycles. The molecule has 2 rings (SSSR count). The van der Waals surface area contributed by atoms with Gasteiger partial charge in [0.2, 0.25) is 5.88 Å². The Morgan fingerprint density at radius 3 is 2.56 bits per heavy atom. The highest BCUT2D eigenvalue weighted by molar-refractivity contribution is 5.31. The van der Waals surface area contributed by atoms with Crippen LogP contribution in [0.2, 0.25) is 0 Å². The predicted molar refractivity (Wildman–Crippen MR) is 72.6 cm³/mol. The van der Waals surface area contributed by atoms with Gasteiger partial charge in [-0.05, 0) is 35.7 Å². The Hall–Kier alpha value is -1.87. The van der Waals surface area contributed by atoms with Crippen LogP contribution in [0.1, 0.15) is 24.5 Å². The molecule has 0 amide bonds. The highest BCUT2D eigenvalue weighted by Gasteiger charge is 2.00. The van der Waals surface area contributed by atoms with Crippen molar-refractivity contribution in [2.75, 3.05) is 0 Å². The minimum absolute atomic E-state index is 0.494. The number of pyridine rings is 1. The summed E-state index contributed by atoms with van der Waals surface area (Å²) in [4.78, 5) is 4.16. The van der Waals surface area contributed by atoms with Crippen molar-refractivity contribution >= 4 is 0 Å². The molecule has 3 nitrogen and oxygen atoms in total. The largest absolute Gasteiger partial charge is 0.439 e. The van der Waals surface area contributed by atoms with Crippen molar-refractivity contribution in [3.05, 3.63) is 53.7 Å². The zero-order valence-electron chi connectivity index (χ0n) is 10.6. The van der Waals surface area contributed by atoms with Crippen LogP contribution in [0.5, 0.6) is 11.6 Å². The summed E-state index contributed by atoms with van der Waals surface area (Å²) in [6.45, 7) is 2.67. The lowest BCUT2D eigenvalue weighted by atomic mass is 10.1. The first-order valence-electron chi connectivity index (χ1n) is 6.23. The molecule has 1 heterocycles. The number of ether oxygens (including phenoxy) is 1. The molecule has 0 saturated carbocycles. The number of nitrogens with two attached hydrogens (primary N) is 1. The summed E-state index contributed by atoms with van der Waals surface area (Å²) in [6, 6.07) is 11.9. The molecule has 18 heavy (non-hydrogen) atoms. The molecule has 0 aliphatic rings. The van der Waals surface area contributed by atoms with E-state index in [2.05, 4.69) is 24.0 Å². The third-order valence-corrected chi connectivity index (χ3v) is 2.72. The molecule has 1 aromatic heterocycles. The van der Waals surface area contributed by atoms with E-state index in [0.29, 0.717) is 12.4 Å². The first-order valence-corrected chi connectivity index (χ1v) is 6.23. The van der Waals surface area contributed by atoms with Gasteiger partial charge in [-0.1, -0.05) is 25.5 Å². The summed E-state index contributed by atoms with van der Waals surface area (Å²) in [5.74, 6) is 1.39. The van der Waals surface area contributed by atoms with Gasteiger partial charge >= 0.3 is 0 Å². The van der Waals surface area contributed by atoms with E-state index in [4.69, 9.17) is 10.5 Å². The van der Waals surface area contributed by atoms with Crippen LogP contribution in [-0.2, 0) is 13.0 Å². The Morgan fingerprint density at radius 1 is 1.11 bits per heavy atom. The molecule has 0 saturated heterocycles. The summed E-state index contributed by atoms with van der Waals surface area (Å²) in [5, 5.41) is 0. The molecule has 2 N–H and O–H groups in total. The number of nitrogens with zero attached hydrogens (tertiary/aromatic N) is 1. The number of aryl methyl sites for hydroxylation is 1. The van der Waals surface area contributed by atoms with Crippen LogP contribution < -0.4 is 10.5 Å². The lowest BCUT2D eigenvalue weighted by Gasteiger charge is -2.06. The maximum atomic E-state index is 5.69. The van der Waals surface area contributed by atoms with E-state index < -0.39 is 0 Å². The van der Waals surface area contributed by atoms with Gasteiger partial charge in [0.15, 0.2) is 0 Å². The molecule has 0 spiro atoms. The number of benzene rings is 1. The Bertz CT molecular complexity index is 494. The number of aromatic nitrogens is 1. The molecule has 94 valence electrons. The lowest BCUT2D eigenvalue weighted by molar-refractivity contribution is 0.462. The Kier molecular flexibility index (Phi) is 4.31. The highest BCUT2D eigenvalue weighted by Crippen LogP contribution is 2.20. The average Bonchev–Trinajstić information content (AvgIpc) is 2.42. The topological polar surface area (TPSA) is 48.1 Å². The number of rotatable bonds is 5. The monoisotopic (exact) mass is 242 g/mol. The Morgan fingerprint density at radius 2 is 1.89 bits per heavy atom. The fourth-order valence-electron chi connectivity index (χ4n) is 1.77. The quantitative estimate of drug-likeness (QED) is 0.875. The summed E-state index contributed by atoms with van der Waals surface area (Å²) in [7, 11) is 0. The van der Waals surface area contributed by atoms with Gasteiger partial charge in [0.05, 0.1) is 0 Å². The van der Waals surface area contributed by atoms with Gasteiger partial charge in [0, 0.05) is 18.8 Å². The lowest BCUT2D eigenvalue weighted by Crippen LogP contribution is -1.97. The third kappa shape index (κ3) is 3.31. The zero-order valence-corrected chi connectivity index (χ0v) is 10.6. The number of hydrogen-bond donors (Lipinski definition) is 1. The van der Waals surface area contributed by atoms with Crippen molar-refractivity contribution in [1.82, 2.24) is 4.98 Å². The van der Waals surface area contributed by atoms with Crippen LogP contribution >= 0.6 is 0 Å². The number of hydrogen-bond acceptors (Lipinski definition) is 3. The SMILES string of the molecule is CCCc1ccc(Oc2cc(CN)ccn2)cc1. The van der Waals surface area contributed by atoms with Gasteiger partial charge in [-0.15, -0.1) is 0 Å². The first kappa shape index (κ1) is 12.6. The van der Waals surface area contributed by atoms with E-state index in [-0.39, 0.29) is 0 Å². The van der Waals surface area contributed by atoms with E-state index in [1.807, 2.05) is 24.3 Å². The fourth-order valence-corrected chi connectivity index (χ4v) is 1.77. The second-order valence-corrected chi connectivity index (χ2v) is 4.20. The third-order valence-electron chi connectivity index (χ3n) is 2.72. The standard InChI is InChI=1S/C15H18N2O/c1-2-3-12-4-6-14(7-5-12)18-15-10-13(11-16)8-9-17-15/h4-10H,2-3,11,16H2,1H3. The van der Waals surface area contributed by atoms with E-state index in [9.17, 15) is 0 Å². The van der Waals surface area contributed by atoms with Gasteiger partial charge in [-0.2, -0.15) is 0 Å². The molecule has 0 radical (unpaired) electrons. The molecule has 3 heteroatoms. The summed E-state index contributed by atoms with van der Waals surface area (Å²) in [5.41, 5.74) is 7.93. The predicted octanol–water partition coefficient (Wildman–Crippen LogP) is 3.29. The van der Waals surface area contributed by atoms with E-state index in [1.54, 1.807) is 6.20 Å². The van der Waals surface area contributed by atoms with Crippen molar-refractivity contribution in [2.24, 2.45) is 5.73 Å². The normalized spacial score (nSPS) is 10.3. The van der Waals surface area contributed by atoms with Crippen molar-refractivity contribution in [2.45, 2.75) is 26.3 Å².